The highest BCUT2D eigenvalue weighted by atomic mass is 16.3. The van der Waals surface area contributed by atoms with Gasteiger partial charge in [0, 0.05) is 19.1 Å². The highest BCUT2D eigenvalue weighted by Gasteiger charge is 2.26. The smallest absolute Gasteiger partial charge is 0.257 e. The first-order valence-electron chi connectivity index (χ1n) is 7.84. The van der Waals surface area contributed by atoms with E-state index in [2.05, 4.69) is 5.32 Å². The largest absolute Gasteiger partial charge is 0.472 e. The van der Waals surface area contributed by atoms with E-state index in [9.17, 15) is 9.59 Å². The molecule has 0 aromatic carbocycles. The Bertz CT molecular complexity index is 491. The lowest BCUT2D eigenvalue weighted by molar-refractivity contribution is -0.123. The second kappa shape index (κ2) is 7.45. The van der Waals surface area contributed by atoms with Crippen molar-refractivity contribution in [3.63, 3.8) is 0 Å². The van der Waals surface area contributed by atoms with Crippen LogP contribution < -0.4 is 11.1 Å². The molecular formula is C16H25N3O3. The molecule has 1 saturated heterocycles. The van der Waals surface area contributed by atoms with Gasteiger partial charge in [-0.1, -0.05) is 13.8 Å². The van der Waals surface area contributed by atoms with Gasteiger partial charge in [-0.3, -0.25) is 9.59 Å². The Labute approximate surface area is 131 Å². The summed E-state index contributed by atoms with van der Waals surface area (Å²) in [7, 11) is 0. The molecule has 0 saturated carbocycles. The Morgan fingerprint density at radius 3 is 2.64 bits per heavy atom. The van der Waals surface area contributed by atoms with Gasteiger partial charge in [0.05, 0.1) is 17.9 Å². The van der Waals surface area contributed by atoms with Crippen molar-refractivity contribution in [1.29, 1.82) is 0 Å². The van der Waals surface area contributed by atoms with Crippen LogP contribution in [0.1, 0.15) is 43.5 Å². The first-order chi connectivity index (χ1) is 10.5. The lowest BCUT2D eigenvalue weighted by Gasteiger charge is -2.32. The number of rotatable bonds is 5. The molecule has 1 fully saturated rings. The van der Waals surface area contributed by atoms with Crippen LogP contribution in [-0.2, 0) is 4.79 Å². The molecule has 0 bridgehead atoms. The maximum absolute atomic E-state index is 12.2. The van der Waals surface area contributed by atoms with Crippen LogP contribution in [0, 0.1) is 5.92 Å². The number of furan rings is 1. The molecule has 1 atom stereocenters. The van der Waals surface area contributed by atoms with Gasteiger partial charge in [0.15, 0.2) is 0 Å². The molecule has 2 heterocycles. The normalized spacial score (nSPS) is 17.5. The van der Waals surface area contributed by atoms with Gasteiger partial charge in [0.25, 0.3) is 5.91 Å². The van der Waals surface area contributed by atoms with Gasteiger partial charge in [0.2, 0.25) is 5.91 Å². The number of nitrogens with two attached hydrogens (primary N) is 1. The fourth-order valence-electron chi connectivity index (χ4n) is 2.72. The van der Waals surface area contributed by atoms with Crippen LogP contribution >= 0.6 is 0 Å². The van der Waals surface area contributed by atoms with Crippen LogP contribution in [-0.4, -0.2) is 41.9 Å². The summed E-state index contributed by atoms with van der Waals surface area (Å²) in [6.45, 7) is 5.36. The third-order valence-electron chi connectivity index (χ3n) is 3.96. The summed E-state index contributed by atoms with van der Waals surface area (Å²) < 4.78 is 4.94. The summed E-state index contributed by atoms with van der Waals surface area (Å²) >= 11 is 0. The van der Waals surface area contributed by atoms with Gasteiger partial charge < -0.3 is 20.4 Å². The monoisotopic (exact) mass is 307 g/mol. The maximum Gasteiger partial charge on any atom is 0.257 e. The minimum atomic E-state index is -0.453. The van der Waals surface area contributed by atoms with Gasteiger partial charge >= 0.3 is 0 Å². The average molecular weight is 307 g/mol. The molecule has 1 aromatic rings. The summed E-state index contributed by atoms with van der Waals surface area (Å²) in [6, 6.07) is 1.31. The minimum absolute atomic E-state index is 0.0185. The molecule has 2 rings (SSSR count). The van der Waals surface area contributed by atoms with Crippen LogP contribution in [0.4, 0.5) is 0 Å². The van der Waals surface area contributed by atoms with Crippen molar-refractivity contribution in [3.8, 4) is 0 Å². The van der Waals surface area contributed by atoms with Crippen LogP contribution in [0.5, 0.6) is 0 Å². The first kappa shape index (κ1) is 16.5. The van der Waals surface area contributed by atoms with Gasteiger partial charge in [-0.25, -0.2) is 0 Å². The number of hydrogen-bond acceptors (Lipinski definition) is 4. The fraction of sp³-hybridized carbons (Fsp3) is 0.625. The zero-order chi connectivity index (χ0) is 16.1. The van der Waals surface area contributed by atoms with E-state index in [-0.39, 0.29) is 17.9 Å². The molecular weight excluding hydrogens is 282 g/mol. The second-order valence-corrected chi connectivity index (χ2v) is 6.32. The Kier molecular flexibility index (Phi) is 5.60. The predicted molar refractivity (Wildman–Crippen MR) is 83.2 cm³/mol. The highest BCUT2D eigenvalue weighted by molar-refractivity contribution is 5.93. The van der Waals surface area contributed by atoms with E-state index >= 15 is 0 Å². The highest BCUT2D eigenvalue weighted by Crippen LogP contribution is 2.15. The summed E-state index contributed by atoms with van der Waals surface area (Å²) in [5.41, 5.74) is 6.46. The third kappa shape index (κ3) is 4.34. The van der Waals surface area contributed by atoms with Crippen molar-refractivity contribution in [2.75, 3.05) is 13.1 Å². The quantitative estimate of drug-likeness (QED) is 0.860. The number of carbonyl (C=O) groups excluding carboxylic acids is 2. The number of hydrogen-bond donors (Lipinski definition) is 2. The third-order valence-corrected chi connectivity index (χ3v) is 3.96. The Morgan fingerprint density at radius 1 is 1.41 bits per heavy atom. The number of nitrogens with one attached hydrogen (secondary N) is 1. The Hall–Kier alpha value is -1.82. The molecule has 1 aliphatic rings. The molecule has 0 unspecified atom stereocenters. The van der Waals surface area contributed by atoms with E-state index in [1.165, 1.54) is 12.5 Å². The molecule has 122 valence electrons. The number of nitrogens with zero attached hydrogens (tertiary/aromatic N) is 1. The molecule has 0 radical (unpaired) electrons. The number of piperidine rings is 1. The average Bonchev–Trinajstić information content (AvgIpc) is 3.00. The van der Waals surface area contributed by atoms with Gasteiger partial charge in [-0.2, -0.15) is 0 Å². The summed E-state index contributed by atoms with van der Waals surface area (Å²) in [5, 5.41) is 3.00. The molecule has 2 amide bonds. The van der Waals surface area contributed by atoms with Crippen LogP contribution in [0.25, 0.3) is 0 Å². The molecule has 1 aromatic heterocycles. The standard InChI is InChI=1S/C16H25N3O3/c1-11(2)9-14(17)15(20)18-13-3-6-19(7-4-13)16(21)12-5-8-22-10-12/h5,8,10-11,13-14H,3-4,6-7,9,17H2,1-2H3,(H,18,20)/t14-/m0/s1. The molecule has 6 heteroatoms. The van der Waals surface area contributed by atoms with Gasteiger partial charge in [-0.15, -0.1) is 0 Å². The fourth-order valence-corrected chi connectivity index (χ4v) is 2.72. The van der Waals surface area contributed by atoms with Crippen molar-refractivity contribution in [3.05, 3.63) is 24.2 Å². The SMILES string of the molecule is CC(C)C[C@H](N)C(=O)NC1CCN(C(=O)c2ccoc2)CC1. The Morgan fingerprint density at radius 2 is 2.09 bits per heavy atom. The van der Waals surface area contributed by atoms with Crippen LogP contribution in [0.3, 0.4) is 0 Å². The zero-order valence-corrected chi connectivity index (χ0v) is 13.2. The van der Waals surface area contributed by atoms with E-state index < -0.39 is 6.04 Å². The van der Waals surface area contributed by atoms with E-state index in [4.69, 9.17) is 10.2 Å². The van der Waals surface area contributed by atoms with E-state index in [0.717, 1.165) is 12.8 Å². The second-order valence-electron chi connectivity index (χ2n) is 6.32. The van der Waals surface area contributed by atoms with E-state index in [0.29, 0.717) is 31.0 Å². The van der Waals surface area contributed by atoms with Gasteiger partial charge in [-0.05, 0) is 31.2 Å². The van der Waals surface area contributed by atoms with Crippen molar-refractivity contribution in [2.24, 2.45) is 11.7 Å². The Balaban J connectivity index is 1.77. The zero-order valence-electron chi connectivity index (χ0n) is 13.2. The number of carbonyl (C=O) groups is 2. The van der Waals surface area contributed by atoms with Crippen molar-refractivity contribution in [2.45, 2.75) is 45.2 Å². The van der Waals surface area contributed by atoms with Crippen LogP contribution in [0.2, 0.25) is 0 Å². The lowest BCUT2D eigenvalue weighted by atomic mass is 10.0. The summed E-state index contributed by atoms with van der Waals surface area (Å²) in [6.07, 6.45) is 5.15. The lowest BCUT2D eigenvalue weighted by Crippen LogP contribution is -2.50. The molecule has 1 aliphatic heterocycles. The first-order valence-corrected chi connectivity index (χ1v) is 7.84. The number of amides is 2. The van der Waals surface area contributed by atoms with E-state index in [1.807, 2.05) is 13.8 Å². The minimum Gasteiger partial charge on any atom is -0.472 e. The molecule has 22 heavy (non-hydrogen) atoms. The summed E-state index contributed by atoms with van der Waals surface area (Å²) in [4.78, 5) is 26.0. The predicted octanol–water partition coefficient (Wildman–Crippen LogP) is 1.37. The molecule has 0 aliphatic carbocycles. The molecule has 3 N–H and O–H groups in total. The van der Waals surface area contributed by atoms with Crippen LogP contribution in [0.15, 0.2) is 23.0 Å². The number of likely N-dealkylation sites (tertiary alicyclic amines) is 1. The topological polar surface area (TPSA) is 88.6 Å². The van der Waals surface area contributed by atoms with Crippen molar-refractivity contribution >= 4 is 11.8 Å². The van der Waals surface area contributed by atoms with Crippen molar-refractivity contribution < 1.29 is 14.0 Å². The summed E-state index contributed by atoms with van der Waals surface area (Å²) in [5.74, 6) is 0.290. The maximum atomic E-state index is 12.2. The molecule has 0 spiro atoms. The molecule has 6 nitrogen and oxygen atoms in total. The van der Waals surface area contributed by atoms with Crippen molar-refractivity contribution in [1.82, 2.24) is 10.2 Å². The van der Waals surface area contributed by atoms with E-state index in [1.54, 1.807) is 11.0 Å². The van der Waals surface area contributed by atoms with Gasteiger partial charge in [0.1, 0.15) is 6.26 Å².